The van der Waals surface area contributed by atoms with E-state index in [1.54, 1.807) is 13.8 Å². The van der Waals surface area contributed by atoms with Crippen molar-refractivity contribution >= 4 is 5.69 Å². The molecule has 0 amide bonds. The smallest absolute Gasteiger partial charge is 0.269 e. The van der Waals surface area contributed by atoms with Gasteiger partial charge in [0.15, 0.2) is 0 Å². The third-order valence-corrected chi connectivity index (χ3v) is 2.29. The number of nitrogens with zero attached hydrogens (tertiary/aromatic N) is 1. The Bertz CT molecular complexity index is 390. The predicted octanol–water partition coefficient (Wildman–Crippen LogP) is 2.00. The highest BCUT2D eigenvalue weighted by molar-refractivity contribution is 5.38. The van der Waals surface area contributed by atoms with Gasteiger partial charge < -0.3 is 5.11 Å². The van der Waals surface area contributed by atoms with Gasteiger partial charge in [-0.3, -0.25) is 10.1 Å². The molecule has 5 heteroatoms. The summed E-state index contributed by atoms with van der Waals surface area (Å²) in [6, 6.07) is 3.31. The maximum absolute atomic E-state index is 13.4. The van der Waals surface area contributed by atoms with Gasteiger partial charge in [0, 0.05) is 23.1 Å². The minimum atomic E-state index is -0.823. The number of halogens is 1. The van der Waals surface area contributed by atoms with E-state index in [1.165, 1.54) is 0 Å². The third-order valence-electron chi connectivity index (χ3n) is 2.29. The van der Waals surface area contributed by atoms with Crippen LogP contribution in [0.5, 0.6) is 0 Å². The molecule has 0 aromatic heterocycles. The molecule has 0 saturated heterocycles. The van der Waals surface area contributed by atoms with E-state index in [9.17, 15) is 14.5 Å². The van der Waals surface area contributed by atoms with Gasteiger partial charge in [-0.15, -0.1) is 0 Å². The van der Waals surface area contributed by atoms with Crippen molar-refractivity contribution < 1.29 is 14.4 Å². The van der Waals surface area contributed by atoms with Crippen molar-refractivity contribution in [1.82, 2.24) is 0 Å². The second kappa shape index (κ2) is 3.94. The summed E-state index contributed by atoms with van der Waals surface area (Å²) >= 11 is 0. The maximum Gasteiger partial charge on any atom is 0.269 e. The van der Waals surface area contributed by atoms with Crippen LogP contribution in [0.2, 0.25) is 0 Å². The van der Waals surface area contributed by atoms with Crippen LogP contribution in [0.4, 0.5) is 10.1 Å². The Morgan fingerprint density at radius 3 is 2.60 bits per heavy atom. The van der Waals surface area contributed by atoms with E-state index in [4.69, 9.17) is 5.11 Å². The molecule has 0 atom stereocenters. The lowest BCUT2D eigenvalue weighted by atomic mass is 9.85. The van der Waals surface area contributed by atoms with Gasteiger partial charge in [0.2, 0.25) is 0 Å². The van der Waals surface area contributed by atoms with Crippen LogP contribution in [-0.4, -0.2) is 16.6 Å². The molecule has 0 unspecified atom stereocenters. The zero-order valence-corrected chi connectivity index (χ0v) is 8.53. The van der Waals surface area contributed by atoms with Crippen LogP contribution < -0.4 is 0 Å². The number of non-ortho nitro benzene ring substituents is 1. The lowest BCUT2D eigenvalue weighted by molar-refractivity contribution is -0.385. The summed E-state index contributed by atoms with van der Waals surface area (Å²) in [4.78, 5) is 9.91. The quantitative estimate of drug-likeness (QED) is 0.617. The monoisotopic (exact) mass is 213 g/mol. The number of aliphatic hydroxyl groups is 1. The molecule has 0 saturated carbocycles. The van der Waals surface area contributed by atoms with Gasteiger partial charge in [-0.05, 0) is 6.07 Å². The second-order valence-corrected chi connectivity index (χ2v) is 3.96. The molecule has 0 heterocycles. The molecule has 0 aliphatic heterocycles. The number of nitro groups is 1. The topological polar surface area (TPSA) is 63.4 Å². The molecule has 0 aliphatic rings. The number of rotatable bonds is 3. The van der Waals surface area contributed by atoms with Crippen LogP contribution in [-0.2, 0) is 5.41 Å². The Morgan fingerprint density at radius 2 is 2.13 bits per heavy atom. The summed E-state index contributed by atoms with van der Waals surface area (Å²) in [5, 5.41) is 19.6. The van der Waals surface area contributed by atoms with Gasteiger partial charge in [0.1, 0.15) is 5.82 Å². The number of nitro benzene ring substituents is 1. The van der Waals surface area contributed by atoms with Gasteiger partial charge in [0.05, 0.1) is 11.5 Å². The standard InChI is InChI=1S/C10H12FNO3/c1-10(2,6-13)8-5-7(12(14)15)3-4-9(8)11/h3-5,13H,6H2,1-2H3. The number of hydrogen-bond acceptors (Lipinski definition) is 3. The first kappa shape index (κ1) is 11.6. The average Bonchev–Trinajstić information content (AvgIpc) is 2.17. The van der Waals surface area contributed by atoms with Crippen molar-refractivity contribution in [2.24, 2.45) is 0 Å². The highest BCUT2D eigenvalue weighted by Crippen LogP contribution is 2.28. The van der Waals surface area contributed by atoms with Gasteiger partial charge in [-0.25, -0.2) is 4.39 Å². The summed E-state index contributed by atoms with van der Waals surface area (Å²) in [7, 11) is 0. The zero-order chi connectivity index (χ0) is 11.6. The van der Waals surface area contributed by atoms with E-state index in [-0.39, 0.29) is 17.9 Å². The van der Waals surface area contributed by atoms with Gasteiger partial charge in [-0.2, -0.15) is 0 Å². The van der Waals surface area contributed by atoms with Crippen molar-refractivity contribution in [2.75, 3.05) is 6.61 Å². The molecule has 0 fully saturated rings. The average molecular weight is 213 g/mol. The first-order chi connectivity index (χ1) is 6.88. The summed E-state index contributed by atoms with van der Waals surface area (Å²) in [6.07, 6.45) is 0. The first-order valence-corrected chi connectivity index (χ1v) is 4.44. The van der Waals surface area contributed by atoms with E-state index in [0.29, 0.717) is 0 Å². The van der Waals surface area contributed by atoms with Gasteiger partial charge >= 0.3 is 0 Å². The molecular weight excluding hydrogens is 201 g/mol. The Labute approximate surface area is 86.5 Å². The van der Waals surface area contributed by atoms with Crippen LogP contribution >= 0.6 is 0 Å². The number of benzene rings is 1. The normalized spacial score (nSPS) is 11.5. The molecule has 0 spiro atoms. The van der Waals surface area contributed by atoms with Crippen LogP contribution in [0.3, 0.4) is 0 Å². The second-order valence-electron chi connectivity index (χ2n) is 3.96. The summed E-state index contributed by atoms with van der Waals surface area (Å²) in [5.41, 5.74) is -0.844. The van der Waals surface area contributed by atoms with Crippen molar-refractivity contribution in [3.8, 4) is 0 Å². The third kappa shape index (κ3) is 2.30. The van der Waals surface area contributed by atoms with E-state index in [1.807, 2.05) is 0 Å². The molecule has 82 valence electrons. The minimum absolute atomic E-state index is 0.152. The molecule has 1 rings (SSSR count). The molecule has 0 bridgehead atoms. The number of hydrogen-bond donors (Lipinski definition) is 1. The molecule has 4 nitrogen and oxygen atoms in total. The molecule has 0 radical (unpaired) electrons. The van der Waals surface area contributed by atoms with Crippen LogP contribution in [0.15, 0.2) is 18.2 Å². The number of aliphatic hydroxyl groups excluding tert-OH is 1. The van der Waals surface area contributed by atoms with E-state index in [0.717, 1.165) is 18.2 Å². The zero-order valence-electron chi connectivity index (χ0n) is 8.53. The van der Waals surface area contributed by atoms with Crippen molar-refractivity contribution in [2.45, 2.75) is 19.3 Å². The molecular formula is C10H12FNO3. The molecule has 0 aliphatic carbocycles. The van der Waals surface area contributed by atoms with Gasteiger partial charge in [-0.1, -0.05) is 13.8 Å². The van der Waals surface area contributed by atoms with Crippen molar-refractivity contribution in [3.63, 3.8) is 0 Å². The Kier molecular flexibility index (Phi) is 3.04. The summed E-state index contributed by atoms with van der Waals surface area (Å²) in [6.45, 7) is 2.97. The lowest BCUT2D eigenvalue weighted by Gasteiger charge is -2.22. The molecule has 1 aromatic rings. The van der Waals surface area contributed by atoms with E-state index in [2.05, 4.69) is 0 Å². The maximum atomic E-state index is 13.4. The fourth-order valence-corrected chi connectivity index (χ4v) is 1.23. The Morgan fingerprint density at radius 1 is 1.53 bits per heavy atom. The Hall–Kier alpha value is -1.49. The fourth-order valence-electron chi connectivity index (χ4n) is 1.23. The summed E-state index contributed by atoms with van der Waals surface area (Å²) < 4.78 is 13.4. The van der Waals surface area contributed by atoms with Crippen LogP contribution in [0, 0.1) is 15.9 Å². The van der Waals surface area contributed by atoms with E-state index < -0.39 is 16.2 Å². The lowest BCUT2D eigenvalue weighted by Crippen LogP contribution is -2.23. The molecule has 1 N–H and O–H groups in total. The largest absolute Gasteiger partial charge is 0.395 e. The first-order valence-electron chi connectivity index (χ1n) is 4.44. The Balaban J connectivity index is 3.28. The fraction of sp³-hybridized carbons (Fsp3) is 0.400. The van der Waals surface area contributed by atoms with E-state index >= 15 is 0 Å². The van der Waals surface area contributed by atoms with Crippen LogP contribution in [0.25, 0.3) is 0 Å². The highest BCUT2D eigenvalue weighted by atomic mass is 19.1. The summed E-state index contributed by atoms with van der Waals surface area (Å²) in [5.74, 6) is -0.542. The molecule has 15 heavy (non-hydrogen) atoms. The minimum Gasteiger partial charge on any atom is -0.395 e. The van der Waals surface area contributed by atoms with Gasteiger partial charge in [0.25, 0.3) is 5.69 Å². The van der Waals surface area contributed by atoms with Crippen LogP contribution in [0.1, 0.15) is 19.4 Å². The van der Waals surface area contributed by atoms with Crippen molar-refractivity contribution in [1.29, 1.82) is 0 Å². The predicted molar refractivity (Wildman–Crippen MR) is 53.2 cm³/mol. The molecule has 1 aromatic carbocycles. The highest BCUT2D eigenvalue weighted by Gasteiger charge is 2.25. The van der Waals surface area contributed by atoms with Crippen molar-refractivity contribution in [3.05, 3.63) is 39.7 Å². The SMILES string of the molecule is CC(C)(CO)c1cc([N+](=O)[O-])ccc1F.